The Kier molecular flexibility index (Phi) is 4.44. The number of hydrogen-bond donors (Lipinski definition) is 1. The Morgan fingerprint density at radius 1 is 0.840 bits per heavy atom. The molecule has 1 N–H and O–H groups in total. The SMILES string of the molecule is O=C(NC1c2ccccc2Sc2ccccc21)OCc1ccccc1. The predicted octanol–water partition coefficient (Wildman–Crippen LogP) is 5.17. The minimum Gasteiger partial charge on any atom is -0.445 e. The summed E-state index contributed by atoms with van der Waals surface area (Å²) in [6.45, 7) is 0.261. The largest absolute Gasteiger partial charge is 0.445 e. The van der Waals surface area contributed by atoms with Gasteiger partial charge in [-0.15, -0.1) is 0 Å². The van der Waals surface area contributed by atoms with E-state index in [0.29, 0.717) is 0 Å². The maximum Gasteiger partial charge on any atom is 0.408 e. The van der Waals surface area contributed by atoms with Gasteiger partial charge in [-0.3, -0.25) is 0 Å². The van der Waals surface area contributed by atoms with Crippen LogP contribution in [0, 0.1) is 0 Å². The van der Waals surface area contributed by atoms with Crippen LogP contribution in [0.15, 0.2) is 88.7 Å². The number of ether oxygens (including phenoxy) is 1. The van der Waals surface area contributed by atoms with E-state index < -0.39 is 6.09 Å². The lowest BCUT2D eigenvalue weighted by molar-refractivity contribution is 0.137. The van der Waals surface area contributed by atoms with Crippen LogP contribution in [0.4, 0.5) is 4.79 Å². The highest BCUT2D eigenvalue weighted by Gasteiger charge is 2.27. The highest BCUT2D eigenvalue weighted by Crippen LogP contribution is 2.44. The third kappa shape index (κ3) is 3.39. The quantitative estimate of drug-likeness (QED) is 0.710. The number of hydrogen-bond acceptors (Lipinski definition) is 3. The highest BCUT2D eigenvalue weighted by atomic mass is 32.2. The third-order valence-electron chi connectivity index (χ3n) is 4.15. The molecule has 124 valence electrons. The van der Waals surface area contributed by atoms with Crippen LogP contribution in [-0.4, -0.2) is 6.09 Å². The van der Waals surface area contributed by atoms with Gasteiger partial charge in [-0.05, 0) is 28.8 Å². The summed E-state index contributed by atoms with van der Waals surface area (Å²) in [5.41, 5.74) is 3.17. The molecule has 25 heavy (non-hydrogen) atoms. The zero-order valence-electron chi connectivity index (χ0n) is 13.5. The van der Waals surface area contributed by atoms with E-state index in [0.717, 1.165) is 26.5 Å². The number of benzene rings is 3. The lowest BCUT2D eigenvalue weighted by atomic mass is 9.98. The van der Waals surface area contributed by atoms with Crippen LogP contribution in [0.25, 0.3) is 0 Å². The van der Waals surface area contributed by atoms with E-state index >= 15 is 0 Å². The summed E-state index contributed by atoms with van der Waals surface area (Å²) in [6.07, 6.45) is -0.412. The van der Waals surface area contributed by atoms with Gasteiger partial charge in [0, 0.05) is 9.79 Å². The molecule has 0 fully saturated rings. The standard InChI is InChI=1S/C21H17NO2S/c23-21(24-14-15-8-2-1-3-9-15)22-20-16-10-4-6-12-18(16)25-19-13-7-5-11-17(19)20/h1-13,20H,14H2,(H,22,23). The number of nitrogens with one attached hydrogen (secondary N) is 1. The van der Waals surface area contributed by atoms with Crippen molar-refractivity contribution in [1.82, 2.24) is 5.32 Å². The minimum absolute atomic E-state index is 0.197. The summed E-state index contributed by atoms with van der Waals surface area (Å²) in [7, 11) is 0. The fourth-order valence-electron chi connectivity index (χ4n) is 2.95. The molecule has 0 saturated carbocycles. The van der Waals surface area contributed by atoms with E-state index in [4.69, 9.17) is 4.74 Å². The molecule has 4 heteroatoms. The Labute approximate surface area is 151 Å². The topological polar surface area (TPSA) is 38.3 Å². The van der Waals surface area contributed by atoms with Gasteiger partial charge in [0.05, 0.1) is 6.04 Å². The first kappa shape index (κ1) is 15.8. The van der Waals surface area contributed by atoms with Crippen LogP contribution in [0.1, 0.15) is 22.7 Å². The van der Waals surface area contributed by atoms with E-state index in [9.17, 15) is 4.79 Å². The van der Waals surface area contributed by atoms with Crippen molar-refractivity contribution < 1.29 is 9.53 Å². The molecule has 0 radical (unpaired) electrons. The van der Waals surface area contributed by atoms with Gasteiger partial charge in [0.2, 0.25) is 0 Å². The van der Waals surface area contributed by atoms with Gasteiger partial charge in [-0.25, -0.2) is 4.79 Å². The van der Waals surface area contributed by atoms with Crippen molar-refractivity contribution >= 4 is 17.9 Å². The normalized spacial score (nSPS) is 12.8. The van der Waals surface area contributed by atoms with Crippen molar-refractivity contribution in [3.8, 4) is 0 Å². The molecular formula is C21H17NO2S. The van der Waals surface area contributed by atoms with Gasteiger partial charge in [-0.2, -0.15) is 0 Å². The molecule has 4 rings (SSSR count). The molecule has 3 aromatic rings. The summed E-state index contributed by atoms with van der Waals surface area (Å²) in [5, 5.41) is 3.03. The van der Waals surface area contributed by atoms with E-state index in [2.05, 4.69) is 29.6 Å². The molecule has 3 nitrogen and oxygen atoms in total. The first-order valence-electron chi connectivity index (χ1n) is 8.14. The summed E-state index contributed by atoms with van der Waals surface area (Å²) < 4.78 is 5.40. The Morgan fingerprint density at radius 3 is 2.04 bits per heavy atom. The van der Waals surface area contributed by atoms with E-state index in [-0.39, 0.29) is 12.6 Å². The number of carbonyl (C=O) groups excluding carboxylic acids is 1. The summed E-state index contributed by atoms with van der Waals surface area (Å²) >= 11 is 1.73. The molecule has 0 bridgehead atoms. The van der Waals surface area contributed by atoms with Crippen LogP contribution in [-0.2, 0) is 11.3 Å². The van der Waals surface area contributed by atoms with Crippen molar-refractivity contribution in [2.24, 2.45) is 0 Å². The highest BCUT2D eigenvalue weighted by molar-refractivity contribution is 7.99. The van der Waals surface area contributed by atoms with Gasteiger partial charge in [-0.1, -0.05) is 78.5 Å². The van der Waals surface area contributed by atoms with Crippen LogP contribution >= 0.6 is 11.8 Å². The minimum atomic E-state index is -0.412. The number of alkyl carbamates (subject to hydrolysis) is 1. The van der Waals surface area contributed by atoms with Gasteiger partial charge in [0.15, 0.2) is 0 Å². The number of carbonyl (C=O) groups is 1. The first-order valence-corrected chi connectivity index (χ1v) is 8.96. The Hall–Kier alpha value is -2.72. The first-order chi connectivity index (χ1) is 12.3. The molecule has 1 amide bonds. The Balaban J connectivity index is 1.54. The van der Waals surface area contributed by atoms with Crippen LogP contribution in [0.5, 0.6) is 0 Å². The maximum absolute atomic E-state index is 12.4. The Bertz CT molecular complexity index is 850. The fraction of sp³-hybridized carbons (Fsp3) is 0.0952. The van der Waals surface area contributed by atoms with Crippen LogP contribution < -0.4 is 5.32 Å². The van der Waals surface area contributed by atoms with Crippen molar-refractivity contribution in [1.29, 1.82) is 0 Å². The molecule has 0 unspecified atom stereocenters. The van der Waals surface area contributed by atoms with Gasteiger partial charge < -0.3 is 10.1 Å². The van der Waals surface area contributed by atoms with Crippen molar-refractivity contribution in [2.45, 2.75) is 22.4 Å². The molecular weight excluding hydrogens is 330 g/mol. The van der Waals surface area contributed by atoms with Crippen molar-refractivity contribution in [3.05, 3.63) is 95.6 Å². The summed E-state index contributed by atoms with van der Waals surface area (Å²) in [4.78, 5) is 14.7. The molecule has 0 saturated heterocycles. The molecule has 0 aromatic heterocycles. The average molecular weight is 347 g/mol. The number of amides is 1. The Morgan fingerprint density at radius 2 is 1.40 bits per heavy atom. The molecule has 1 heterocycles. The molecule has 0 spiro atoms. The van der Waals surface area contributed by atoms with Crippen molar-refractivity contribution in [3.63, 3.8) is 0 Å². The van der Waals surface area contributed by atoms with Crippen LogP contribution in [0.3, 0.4) is 0 Å². The van der Waals surface area contributed by atoms with Gasteiger partial charge in [0.25, 0.3) is 0 Å². The average Bonchev–Trinajstić information content (AvgIpc) is 2.67. The summed E-state index contributed by atoms with van der Waals surface area (Å²) in [5.74, 6) is 0. The maximum atomic E-state index is 12.4. The van der Waals surface area contributed by atoms with Crippen LogP contribution in [0.2, 0.25) is 0 Å². The summed E-state index contributed by atoms with van der Waals surface area (Å²) in [6, 6.07) is 25.8. The molecule has 1 aliphatic heterocycles. The van der Waals surface area contributed by atoms with Crippen molar-refractivity contribution in [2.75, 3.05) is 0 Å². The lowest BCUT2D eigenvalue weighted by Gasteiger charge is -2.28. The second-order valence-electron chi connectivity index (χ2n) is 5.82. The molecule has 1 aliphatic rings. The smallest absolute Gasteiger partial charge is 0.408 e. The third-order valence-corrected chi connectivity index (χ3v) is 5.34. The fourth-order valence-corrected chi connectivity index (χ4v) is 4.09. The second-order valence-corrected chi connectivity index (χ2v) is 6.90. The zero-order chi connectivity index (χ0) is 17.1. The number of rotatable bonds is 3. The van der Waals surface area contributed by atoms with Gasteiger partial charge >= 0.3 is 6.09 Å². The van der Waals surface area contributed by atoms with E-state index in [1.54, 1.807) is 11.8 Å². The second kappa shape index (κ2) is 7.03. The molecule has 0 atom stereocenters. The zero-order valence-corrected chi connectivity index (χ0v) is 14.3. The van der Waals surface area contributed by atoms with E-state index in [1.807, 2.05) is 54.6 Å². The van der Waals surface area contributed by atoms with E-state index in [1.165, 1.54) is 0 Å². The lowest BCUT2D eigenvalue weighted by Crippen LogP contribution is -2.31. The molecule has 3 aromatic carbocycles. The number of fused-ring (bicyclic) bond motifs is 2. The predicted molar refractivity (Wildman–Crippen MR) is 98.6 cm³/mol. The monoisotopic (exact) mass is 347 g/mol. The molecule has 0 aliphatic carbocycles. The van der Waals surface area contributed by atoms with Gasteiger partial charge in [0.1, 0.15) is 6.61 Å².